The quantitative estimate of drug-likeness (QED) is 0.713. The maximum absolute atomic E-state index is 12.3. The largest absolute Gasteiger partial charge is 0.486 e. The Kier molecular flexibility index (Phi) is 6.50. The Labute approximate surface area is 153 Å². The highest BCUT2D eigenvalue weighted by Gasteiger charge is 2.37. The molecule has 1 saturated carbocycles. The summed E-state index contributed by atoms with van der Waals surface area (Å²) in [6.07, 6.45) is 3.82. The zero-order chi connectivity index (χ0) is 17.0. The van der Waals surface area contributed by atoms with Gasteiger partial charge in [-0.15, -0.1) is 12.4 Å². The average Bonchev–Trinajstić information content (AvgIpc) is 3.08. The fourth-order valence-corrected chi connectivity index (χ4v) is 3.37. The predicted molar refractivity (Wildman–Crippen MR) is 95.0 cm³/mol. The molecule has 7 nitrogen and oxygen atoms in total. The summed E-state index contributed by atoms with van der Waals surface area (Å²) in [6.45, 7) is 0.888. The van der Waals surface area contributed by atoms with Gasteiger partial charge in [-0.3, -0.25) is 9.59 Å². The highest BCUT2D eigenvalue weighted by atomic mass is 35.5. The molecule has 1 heterocycles. The SMILES string of the molecule is Cl.NCC(=O)NCC(=O)NC1(c2ccc3c(c2)OCCO3)CCCC1. The summed E-state index contributed by atoms with van der Waals surface area (Å²) in [7, 11) is 0. The molecule has 0 atom stereocenters. The second-order valence-corrected chi connectivity index (χ2v) is 6.18. The van der Waals surface area contributed by atoms with Crippen molar-refractivity contribution in [2.75, 3.05) is 26.3 Å². The predicted octanol–water partition coefficient (Wildman–Crippen LogP) is 0.840. The lowest BCUT2D eigenvalue weighted by Gasteiger charge is -2.32. The summed E-state index contributed by atoms with van der Waals surface area (Å²) in [5, 5.41) is 5.61. The number of hydrogen-bond acceptors (Lipinski definition) is 5. The lowest BCUT2D eigenvalue weighted by molar-refractivity contribution is -0.126. The number of ether oxygens (including phenoxy) is 2. The fraction of sp³-hybridized carbons (Fsp3) is 0.529. The molecule has 0 saturated heterocycles. The molecule has 1 aliphatic heterocycles. The molecule has 0 unspecified atom stereocenters. The number of nitrogens with one attached hydrogen (secondary N) is 2. The standard InChI is InChI=1S/C17H23N3O4.ClH/c18-10-15(21)19-11-16(22)20-17(5-1-2-6-17)12-3-4-13-14(9-12)24-8-7-23-13;/h3-4,9H,1-2,5-8,10-11,18H2,(H,19,21)(H,20,22);1H. The van der Waals surface area contributed by atoms with E-state index in [4.69, 9.17) is 15.2 Å². The number of rotatable bonds is 5. The molecule has 1 aromatic rings. The zero-order valence-corrected chi connectivity index (χ0v) is 14.8. The van der Waals surface area contributed by atoms with E-state index in [1.807, 2.05) is 18.2 Å². The highest BCUT2D eigenvalue weighted by molar-refractivity contribution is 5.86. The molecule has 25 heavy (non-hydrogen) atoms. The van der Waals surface area contributed by atoms with Gasteiger partial charge in [0.15, 0.2) is 11.5 Å². The van der Waals surface area contributed by atoms with E-state index in [1.54, 1.807) is 0 Å². The second kappa shape index (κ2) is 8.40. The van der Waals surface area contributed by atoms with E-state index in [0.29, 0.717) is 13.2 Å². The number of halogens is 1. The second-order valence-electron chi connectivity index (χ2n) is 6.18. The fourth-order valence-electron chi connectivity index (χ4n) is 3.37. The van der Waals surface area contributed by atoms with Crippen molar-refractivity contribution in [2.24, 2.45) is 5.73 Å². The minimum atomic E-state index is -0.416. The van der Waals surface area contributed by atoms with Crippen LogP contribution in [0.25, 0.3) is 0 Å². The van der Waals surface area contributed by atoms with E-state index in [9.17, 15) is 9.59 Å². The lowest BCUT2D eigenvalue weighted by atomic mass is 9.87. The number of carbonyl (C=O) groups is 2. The molecule has 138 valence electrons. The van der Waals surface area contributed by atoms with Crippen molar-refractivity contribution < 1.29 is 19.1 Å². The van der Waals surface area contributed by atoms with Gasteiger partial charge in [-0.1, -0.05) is 18.9 Å². The molecule has 1 aliphatic carbocycles. The molecule has 1 fully saturated rings. The van der Waals surface area contributed by atoms with Crippen LogP contribution in [0, 0.1) is 0 Å². The number of hydrogen-bond donors (Lipinski definition) is 3. The third-order valence-electron chi connectivity index (χ3n) is 4.56. The first-order chi connectivity index (χ1) is 11.6. The third-order valence-corrected chi connectivity index (χ3v) is 4.56. The van der Waals surface area contributed by atoms with E-state index in [0.717, 1.165) is 42.7 Å². The summed E-state index contributed by atoms with van der Waals surface area (Å²) in [6, 6.07) is 5.84. The van der Waals surface area contributed by atoms with Gasteiger partial charge in [0.2, 0.25) is 11.8 Å². The van der Waals surface area contributed by atoms with E-state index >= 15 is 0 Å². The van der Waals surface area contributed by atoms with Gasteiger partial charge in [0.25, 0.3) is 0 Å². The molecule has 4 N–H and O–H groups in total. The molecule has 8 heteroatoms. The van der Waals surface area contributed by atoms with Crippen molar-refractivity contribution in [3.05, 3.63) is 23.8 Å². The van der Waals surface area contributed by atoms with Crippen LogP contribution in [-0.4, -0.2) is 38.1 Å². The Balaban J connectivity index is 0.00000225. The van der Waals surface area contributed by atoms with Crippen LogP contribution >= 0.6 is 12.4 Å². The third kappa shape index (κ3) is 4.35. The van der Waals surface area contributed by atoms with E-state index in [1.165, 1.54) is 0 Å². The first-order valence-corrected chi connectivity index (χ1v) is 8.31. The van der Waals surface area contributed by atoms with Crippen molar-refractivity contribution in [3.8, 4) is 11.5 Å². The first-order valence-electron chi connectivity index (χ1n) is 8.31. The van der Waals surface area contributed by atoms with Gasteiger partial charge < -0.3 is 25.8 Å². The van der Waals surface area contributed by atoms with Gasteiger partial charge in [0, 0.05) is 0 Å². The summed E-state index contributed by atoms with van der Waals surface area (Å²) < 4.78 is 11.2. The van der Waals surface area contributed by atoms with Crippen LogP contribution in [0.3, 0.4) is 0 Å². The van der Waals surface area contributed by atoms with Gasteiger partial charge in [-0.2, -0.15) is 0 Å². The Morgan fingerprint density at radius 3 is 2.44 bits per heavy atom. The van der Waals surface area contributed by atoms with Crippen LogP contribution in [0.2, 0.25) is 0 Å². The molecular weight excluding hydrogens is 346 g/mol. The van der Waals surface area contributed by atoms with E-state index in [2.05, 4.69) is 10.6 Å². The molecule has 0 bridgehead atoms. The lowest BCUT2D eigenvalue weighted by Crippen LogP contribution is -2.48. The Morgan fingerprint density at radius 1 is 1.08 bits per heavy atom. The smallest absolute Gasteiger partial charge is 0.240 e. The van der Waals surface area contributed by atoms with Crippen molar-refractivity contribution in [1.82, 2.24) is 10.6 Å². The number of benzene rings is 1. The van der Waals surface area contributed by atoms with Crippen LogP contribution < -0.4 is 25.8 Å². The van der Waals surface area contributed by atoms with Crippen LogP contribution in [0.15, 0.2) is 18.2 Å². The summed E-state index contributed by atoms with van der Waals surface area (Å²) >= 11 is 0. The average molecular weight is 370 g/mol. The molecule has 3 rings (SSSR count). The molecule has 2 amide bonds. The van der Waals surface area contributed by atoms with E-state index < -0.39 is 5.54 Å². The maximum atomic E-state index is 12.3. The summed E-state index contributed by atoms with van der Waals surface area (Å²) in [5.41, 5.74) is 5.83. The van der Waals surface area contributed by atoms with E-state index in [-0.39, 0.29) is 37.3 Å². The van der Waals surface area contributed by atoms with Crippen molar-refractivity contribution in [3.63, 3.8) is 0 Å². The van der Waals surface area contributed by atoms with Gasteiger partial charge in [-0.05, 0) is 30.5 Å². The van der Waals surface area contributed by atoms with Gasteiger partial charge in [0.1, 0.15) is 13.2 Å². The Morgan fingerprint density at radius 2 is 1.76 bits per heavy atom. The normalized spacial score (nSPS) is 17.3. The zero-order valence-electron chi connectivity index (χ0n) is 14.0. The number of carbonyl (C=O) groups excluding carboxylic acids is 2. The monoisotopic (exact) mass is 369 g/mol. The van der Waals surface area contributed by atoms with Gasteiger partial charge in [0.05, 0.1) is 18.6 Å². The van der Waals surface area contributed by atoms with Crippen molar-refractivity contribution in [1.29, 1.82) is 0 Å². The number of amides is 2. The maximum Gasteiger partial charge on any atom is 0.240 e. The van der Waals surface area contributed by atoms with Crippen molar-refractivity contribution in [2.45, 2.75) is 31.2 Å². The molecular formula is C17H24ClN3O4. The minimum absolute atomic E-state index is 0. The molecule has 2 aliphatic rings. The summed E-state index contributed by atoms with van der Waals surface area (Å²) in [4.78, 5) is 23.5. The minimum Gasteiger partial charge on any atom is -0.486 e. The molecule has 1 aromatic carbocycles. The van der Waals surface area contributed by atoms with Crippen LogP contribution in [-0.2, 0) is 15.1 Å². The van der Waals surface area contributed by atoms with Crippen LogP contribution in [0.4, 0.5) is 0 Å². The number of fused-ring (bicyclic) bond motifs is 1. The molecule has 0 radical (unpaired) electrons. The van der Waals surface area contributed by atoms with Crippen LogP contribution in [0.1, 0.15) is 31.2 Å². The topological polar surface area (TPSA) is 103 Å². The van der Waals surface area contributed by atoms with Crippen LogP contribution in [0.5, 0.6) is 11.5 Å². The molecule has 0 aromatic heterocycles. The van der Waals surface area contributed by atoms with Crippen molar-refractivity contribution >= 4 is 24.2 Å². The van der Waals surface area contributed by atoms with Gasteiger partial charge in [-0.25, -0.2) is 0 Å². The first kappa shape index (κ1) is 19.3. The number of nitrogens with two attached hydrogens (primary N) is 1. The van der Waals surface area contributed by atoms with Gasteiger partial charge >= 0.3 is 0 Å². The Hall–Kier alpha value is -1.99. The summed E-state index contributed by atoms with van der Waals surface area (Å²) in [5.74, 6) is 0.897. The molecule has 0 spiro atoms. The Bertz CT molecular complexity index is 632. The highest BCUT2D eigenvalue weighted by Crippen LogP contribution is 2.42.